The average Bonchev–Trinajstić information content (AvgIpc) is 3.07. The normalized spacial score (nSPS) is 18.0. The first-order valence-electron chi connectivity index (χ1n) is 10.3. The lowest BCUT2D eigenvalue weighted by molar-refractivity contribution is 0.0566. The Bertz CT molecular complexity index is 882. The summed E-state index contributed by atoms with van der Waals surface area (Å²) in [5.74, 6) is 0.438. The maximum absolute atomic E-state index is 13.1. The number of rotatable bonds is 5. The minimum atomic E-state index is -0.107. The molecular formula is C21H29N5O2. The Hall–Kier alpha value is -2.41. The predicted molar refractivity (Wildman–Crippen MR) is 109 cm³/mol. The van der Waals surface area contributed by atoms with Crippen LogP contribution in [0.2, 0.25) is 0 Å². The van der Waals surface area contributed by atoms with E-state index in [1.54, 1.807) is 6.07 Å². The van der Waals surface area contributed by atoms with Crippen molar-refractivity contribution in [2.45, 2.75) is 44.7 Å². The Balaban J connectivity index is 1.54. The zero-order valence-corrected chi connectivity index (χ0v) is 16.8. The summed E-state index contributed by atoms with van der Waals surface area (Å²) < 4.78 is 2.00. The van der Waals surface area contributed by atoms with Crippen molar-refractivity contribution in [3.8, 4) is 0 Å². The second-order valence-corrected chi connectivity index (χ2v) is 8.14. The van der Waals surface area contributed by atoms with Gasteiger partial charge in [-0.2, -0.15) is 0 Å². The molecule has 1 fully saturated rings. The van der Waals surface area contributed by atoms with E-state index in [0.29, 0.717) is 29.5 Å². The van der Waals surface area contributed by atoms with Gasteiger partial charge in [-0.1, -0.05) is 19.3 Å². The van der Waals surface area contributed by atoms with Crippen LogP contribution in [0.25, 0.3) is 11.0 Å². The van der Waals surface area contributed by atoms with Crippen molar-refractivity contribution in [1.29, 1.82) is 0 Å². The summed E-state index contributed by atoms with van der Waals surface area (Å²) in [5, 5.41) is 2.93. The van der Waals surface area contributed by atoms with Crippen LogP contribution in [0.3, 0.4) is 0 Å². The van der Waals surface area contributed by atoms with Gasteiger partial charge in [0.1, 0.15) is 0 Å². The third-order valence-corrected chi connectivity index (χ3v) is 5.89. The molecule has 0 bridgehead atoms. The van der Waals surface area contributed by atoms with Crippen LogP contribution < -0.4 is 5.32 Å². The van der Waals surface area contributed by atoms with E-state index in [0.717, 1.165) is 38.0 Å². The molecule has 1 aliphatic heterocycles. The predicted octanol–water partition coefficient (Wildman–Crippen LogP) is 2.12. The first-order valence-corrected chi connectivity index (χ1v) is 10.3. The highest BCUT2D eigenvalue weighted by Gasteiger charge is 2.33. The van der Waals surface area contributed by atoms with Gasteiger partial charge in [-0.25, -0.2) is 4.98 Å². The highest BCUT2D eigenvalue weighted by atomic mass is 16.2. The minimum absolute atomic E-state index is 0.0336. The van der Waals surface area contributed by atoms with Crippen LogP contribution in [-0.4, -0.2) is 70.9 Å². The maximum atomic E-state index is 13.1. The molecule has 1 saturated carbocycles. The minimum Gasteiger partial charge on any atom is -0.351 e. The van der Waals surface area contributed by atoms with Crippen LogP contribution in [0.15, 0.2) is 18.2 Å². The highest BCUT2D eigenvalue weighted by Crippen LogP contribution is 2.28. The van der Waals surface area contributed by atoms with Crippen LogP contribution in [0.1, 0.15) is 53.1 Å². The van der Waals surface area contributed by atoms with Crippen LogP contribution in [0, 0.1) is 0 Å². The Morgan fingerprint density at radius 1 is 1.21 bits per heavy atom. The van der Waals surface area contributed by atoms with Crippen molar-refractivity contribution in [3.63, 3.8) is 0 Å². The summed E-state index contributed by atoms with van der Waals surface area (Å²) >= 11 is 0. The van der Waals surface area contributed by atoms with E-state index >= 15 is 0 Å². The van der Waals surface area contributed by atoms with Gasteiger partial charge >= 0.3 is 0 Å². The van der Waals surface area contributed by atoms with E-state index in [1.807, 2.05) is 40.6 Å². The molecular weight excluding hydrogens is 354 g/mol. The summed E-state index contributed by atoms with van der Waals surface area (Å²) in [5.41, 5.74) is 2.23. The van der Waals surface area contributed by atoms with Gasteiger partial charge in [0.2, 0.25) is 0 Å². The molecule has 1 aromatic carbocycles. The molecule has 1 N–H and O–H groups in total. The molecule has 7 heteroatoms. The molecule has 0 spiro atoms. The molecule has 0 saturated heterocycles. The summed E-state index contributed by atoms with van der Waals surface area (Å²) in [6.07, 6.45) is 5.89. The number of imidazole rings is 1. The molecule has 0 atom stereocenters. The molecule has 0 unspecified atom stereocenters. The zero-order chi connectivity index (χ0) is 19.7. The maximum Gasteiger partial charge on any atom is 0.290 e. The number of hydrogen-bond donors (Lipinski definition) is 1. The number of likely N-dealkylation sites (N-methyl/N-ethyl adjacent to an activating group) is 1. The lowest BCUT2D eigenvalue weighted by Gasteiger charge is -2.36. The van der Waals surface area contributed by atoms with Gasteiger partial charge in [0.05, 0.1) is 11.0 Å². The van der Waals surface area contributed by atoms with Gasteiger partial charge in [0.25, 0.3) is 11.8 Å². The van der Waals surface area contributed by atoms with Gasteiger partial charge in [0, 0.05) is 37.8 Å². The molecule has 2 aliphatic rings. The zero-order valence-electron chi connectivity index (χ0n) is 16.8. The highest BCUT2D eigenvalue weighted by molar-refractivity contribution is 6.00. The molecule has 2 heterocycles. The molecule has 28 heavy (non-hydrogen) atoms. The fourth-order valence-electron chi connectivity index (χ4n) is 4.33. The number of aromatic nitrogens is 2. The molecule has 2 amide bonds. The number of carbonyl (C=O) groups excluding carboxylic acids is 2. The standard InChI is InChI=1S/C21H29N5O2/c1-24(2)11-10-22-20(27)15-8-9-18-17(14-15)23-19-21(28)25(12-13-26(18)19)16-6-4-3-5-7-16/h8-9,14,16H,3-7,10-13H2,1-2H3,(H,22,27). The van der Waals surface area contributed by atoms with Crippen LogP contribution in [0.5, 0.6) is 0 Å². The topological polar surface area (TPSA) is 70.5 Å². The number of carbonyl (C=O) groups is 2. The monoisotopic (exact) mass is 383 g/mol. The molecule has 1 aromatic heterocycles. The van der Waals surface area contributed by atoms with Crippen molar-refractivity contribution >= 4 is 22.8 Å². The van der Waals surface area contributed by atoms with Gasteiger partial charge in [-0.15, -0.1) is 0 Å². The smallest absolute Gasteiger partial charge is 0.290 e. The van der Waals surface area contributed by atoms with E-state index < -0.39 is 0 Å². The Morgan fingerprint density at radius 2 is 2.00 bits per heavy atom. The van der Waals surface area contributed by atoms with Gasteiger partial charge in [-0.3, -0.25) is 9.59 Å². The number of nitrogens with zero attached hydrogens (tertiary/aromatic N) is 4. The summed E-state index contributed by atoms with van der Waals surface area (Å²) in [7, 11) is 3.95. The van der Waals surface area contributed by atoms with Crippen molar-refractivity contribution in [2.24, 2.45) is 0 Å². The fraction of sp³-hybridized carbons (Fsp3) is 0.571. The number of fused-ring (bicyclic) bond motifs is 3. The van der Waals surface area contributed by atoms with Crippen molar-refractivity contribution in [1.82, 2.24) is 24.7 Å². The van der Waals surface area contributed by atoms with E-state index in [-0.39, 0.29) is 11.8 Å². The molecule has 7 nitrogen and oxygen atoms in total. The summed E-state index contributed by atoms with van der Waals surface area (Å²) in [6.45, 7) is 2.90. The molecule has 2 aromatic rings. The van der Waals surface area contributed by atoms with Gasteiger partial charge in [0.15, 0.2) is 5.82 Å². The first-order chi connectivity index (χ1) is 13.5. The molecule has 4 rings (SSSR count). The van der Waals surface area contributed by atoms with Crippen molar-refractivity contribution in [2.75, 3.05) is 33.7 Å². The largest absolute Gasteiger partial charge is 0.351 e. The van der Waals surface area contributed by atoms with Crippen LogP contribution >= 0.6 is 0 Å². The first kappa shape index (κ1) is 18.9. The SMILES string of the molecule is CN(C)CCNC(=O)c1ccc2c(c1)nc1n2CCN(C2CCCCC2)C1=O. The third-order valence-electron chi connectivity index (χ3n) is 5.89. The second-order valence-electron chi connectivity index (χ2n) is 8.14. The number of amides is 2. The Labute approximate surface area is 165 Å². The lowest BCUT2D eigenvalue weighted by Crippen LogP contribution is -2.47. The number of hydrogen-bond acceptors (Lipinski definition) is 4. The van der Waals surface area contributed by atoms with Crippen LogP contribution in [0.4, 0.5) is 0 Å². The lowest BCUT2D eigenvalue weighted by atomic mass is 9.94. The third kappa shape index (κ3) is 3.63. The quantitative estimate of drug-likeness (QED) is 0.859. The Morgan fingerprint density at radius 3 is 2.75 bits per heavy atom. The van der Waals surface area contributed by atoms with E-state index in [2.05, 4.69) is 10.3 Å². The van der Waals surface area contributed by atoms with Crippen LogP contribution in [-0.2, 0) is 6.54 Å². The van der Waals surface area contributed by atoms with Gasteiger partial charge in [-0.05, 0) is 45.1 Å². The summed E-state index contributed by atoms with van der Waals surface area (Å²) in [4.78, 5) is 34.1. The molecule has 150 valence electrons. The molecule has 0 radical (unpaired) electrons. The fourth-order valence-corrected chi connectivity index (χ4v) is 4.33. The van der Waals surface area contributed by atoms with E-state index in [4.69, 9.17) is 0 Å². The van der Waals surface area contributed by atoms with Gasteiger partial charge < -0.3 is 19.7 Å². The summed E-state index contributed by atoms with van der Waals surface area (Å²) in [6, 6.07) is 5.88. The van der Waals surface area contributed by atoms with Crippen molar-refractivity contribution < 1.29 is 9.59 Å². The molecule has 1 aliphatic carbocycles. The average molecular weight is 383 g/mol. The van der Waals surface area contributed by atoms with E-state index in [9.17, 15) is 9.59 Å². The van der Waals surface area contributed by atoms with E-state index in [1.165, 1.54) is 19.3 Å². The number of benzene rings is 1. The Kier molecular flexibility index (Phi) is 5.35. The second kappa shape index (κ2) is 7.91. The van der Waals surface area contributed by atoms with Crippen molar-refractivity contribution in [3.05, 3.63) is 29.6 Å². The number of nitrogens with one attached hydrogen (secondary N) is 1.